The topological polar surface area (TPSA) is 21.3 Å². The molecule has 2 atom stereocenters. The minimum absolute atomic E-state index is 0.235. The average molecular weight is 267 g/mol. The Hall–Kier alpha value is -0.0800. The van der Waals surface area contributed by atoms with Crippen molar-refractivity contribution in [3.05, 3.63) is 0 Å². The second kappa shape index (κ2) is 6.13. The smallest absolute Gasteiger partial charge is 0.0697 e. The molecule has 19 heavy (non-hydrogen) atoms. The Morgan fingerprint density at radius 3 is 2.53 bits per heavy atom. The van der Waals surface area contributed by atoms with Crippen molar-refractivity contribution in [2.24, 2.45) is 11.3 Å². The Balaban J connectivity index is 1.81. The lowest BCUT2D eigenvalue weighted by molar-refractivity contribution is -0.109. The van der Waals surface area contributed by atoms with E-state index < -0.39 is 0 Å². The molecule has 1 N–H and O–H groups in total. The molecule has 112 valence electrons. The maximum Gasteiger partial charge on any atom is 0.0697 e. The van der Waals surface area contributed by atoms with E-state index in [1.807, 2.05) is 0 Å². The first-order chi connectivity index (χ1) is 8.91. The Labute approximate surface area is 119 Å². The molecule has 0 amide bonds. The van der Waals surface area contributed by atoms with E-state index in [0.29, 0.717) is 11.5 Å². The van der Waals surface area contributed by atoms with Crippen LogP contribution in [0.3, 0.4) is 0 Å². The molecule has 1 saturated heterocycles. The predicted octanol–water partition coefficient (Wildman–Crippen LogP) is 4.14. The van der Waals surface area contributed by atoms with Gasteiger partial charge in [-0.15, -0.1) is 0 Å². The van der Waals surface area contributed by atoms with Crippen LogP contribution in [0.4, 0.5) is 0 Å². The Morgan fingerprint density at radius 1 is 1.21 bits per heavy atom. The lowest BCUT2D eigenvalue weighted by Crippen LogP contribution is -2.49. The van der Waals surface area contributed by atoms with Gasteiger partial charge >= 0.3 is 0 Å². The molecule has 2 nitrogen and oxygen atoms in total. The van der Waals surface area contributed by atoms with Gasteiger partial charge in [0.15, 0.2) is 0 Å². The third kappa shape index (κ3) is 4.19. The maximum absolute atomic E-state index is 6.17. The van der Waals surface area contributed by atoms with Crippen molar-refractivity contribution in [1.29, 1.82) is 0 Å². The zero-order chi connectivity index (χ0) is 13.9. The van der Waals surface area contributed by atoms with Crippen LogP contribution in [0.2, 0.25) is 0 Å². The van der Waals surface area contributed by atoms with Crippen molar-refractivity contribution >= 4 is 0 Å². The SMILES string of the molecule is CC(CNC1CCOC2(CCCCC2)C1)C(C)(C)C. The molecular formula is C17H33NO. The van der Waals surface area contributed by atoms with E-state index in [1.165, 1.54) is 44.9 Å². The third-order valence-electron chi connectivity index (χ3n) is 5.45. The van der Waals surface area contributed by atoms with Gasteiger partial charge in [0.05, 0.1) is 5.60 Å². The van der Waals surface area contributed by atoms with Crippen LogP contribution >= 0.6 is 0 Å². The average Bonchev–Trinajstić information content (AvgIpc) is 2.36. The first-order valence-electron chi connectivity index (χ1n) is 8.29. The van der Waals surface area contributed by atoms with Crippen molar-refractivity contribution in [3.63, 3.8) is 0 Å². The van der Waals surface area contributed by atoms with Crippen molar-refractivity contribution < 1.29 is 4.74 Å². The fraction of sp³-hybridized carbons (Fsp3) is 1.00. The van der Waals surface area contributed by atoms with Gasteiger partial charge in [-0.3, -0.25) is 0 Å². The Morgan fingerprint density at radius 2 is 1.89 bits per heavy atom. The summed E-state index contributed by atoms with van der Waals surface area (Å²) in [6.45, 7) is 11.5. The van der Waals surface area contributed by atoms with Crippen molar-refractivity contribution in [2.75, 3.05) is 13.2 Å². The molecule has 0 aromatic rings. The lowest BCUT2D eigenvalue weighted by Gasteiger charge is -2.44. The molecule has 2 rings (SSSR count). The molecule has 2 unspecified atom stereocenters. The van der Waals surface area contributed by atoms with Gasteiger partial charge in [-0.1, -0.05) is 47.0 Å². The molecule has 1 spiro atoms. The summed E-state index contributed by atoms with van der Waals surface area (Å²) in [4.78, 5) is 0. The molecule has 1 aliphatic heterocycles. The molecule has 0 radical (unpaired) electrons. The lowest BCUT2D eigenvalue weighted by atomic mass is 9.77. The number of rotatable bonds is 3. The zero-order valence-corrected chi connectivity index (χ0v) is 13.4. The summed E-state index contributed by atoms with van der Waals surface area (Å²) in [7, 11) is 0. The second-order valence-corrected chi connectivity index (χ2v) is 7.96. The zero-order valence-electron chi connectivity index (χ0n) is 13.4. The van der Waals surface area contributed by atoms with E-state index in [2.05, 4.69) is 33.0 Å². The van der Waals surface area contributed by atoms with Gasteiger partial charge in [0.25, 0.3) is 0 Å². The molecule has 1 heterocycles. The van der Waals surface area contributed by atoms with Crippen LogP contribution in [0, 0.1) is 11.3 Å². The summed E-state index contributed by atoms with van der Waals surface area (Å²) in [5.74, 6) is 0.720. The van der Waals surface area contributed by atoms with E-state index in [-0.39, 0.29) is 5.60 Å². The van der Waals surface area contributed by atoms with Crippen LogP contribution in [-0.2, 0) is 4.74 Å². The molecule has 2 fully saturated rings. The summed E-state index contributed by atoms with van der Waals surface area (Å²) in [6, 6.07) is 0.677. The van der Waals surface area contributed by atoms with Gasteiger partial charge in [0.2, 0.25) is 0 Å². The Kier molecular flexibility index (Phi) is 4.94. The molecule has 1 saturated carbocycles. The fourth-order valence-corrected chi connectivity index (χ4v) is 3.40. The van der Waals surface area contributed by atoms with Crippen LogP contribution in [0.5, 0.6) is 0 Å². The van der Waals surface area contributed by atoms with E-state index in [1.54, 1.807) is 0 Å². The highest BCUT2D eigenvalue weighted by atomic mass is 16.5. The van der Waals surface area contributed by atoms with Crippen molar-refractivity contribution in [3.8, 4) is 0 Å². The van der Waals surface area contributed by atoms with Crippen molar-refractivity contribution in [1.82, 2.24) is 5.32 Å². The Bertz CT molecular complexity index is 270. The summed E-state index contributed by atoms with van der Waals surface area (Å²) < 4.78 is 6.17. The van der Waals surface area contributed by atoms with Gasteiger partial charge in [-0.2, -0.15) is 0 Å². The molecule has 0 aromatic carbocycles. The maximum atomic E-state index is 6.17. The summed E-state index contributed by atoms with van der Waals surface area (Å²) in [6.07, 6.45) is 9.16. The summed E-state index contributed by atoms with van der Waals surface area (Å²) in [5, 5.41) is 3.82. The van der Waals surface area contributed by atoms with Gasteiger partial charge in [0, 0.05) is 12.6 Å². The van der Waals surface area contributed by atoms with Gasteiger partial charge < -0.3 is 10.1 Å². The number of hydrogen-bond acceptors (Lipinski definition) is 2. The van der Waals surface area contributed by atoms with Gasteiger partial charge in [0.1, 0.15) is 0 Å². The van der Waals surface area contributed by atoms with E-state index >= 15 is 0 Å². The largest absolute Gasteiger partial charge is 0.375 e. The van der Waals surface area contributed by atoms with Crippen molar-refractivity contribution in [2.45, 2.75) is 84.3 Å². The van der Waals surface area contributed by atoms with E-state index in [4.69, 9.17) is 4.74 Å². The molecule has 2 heteroatoms. The minimum atomic E-state index is 0.235. The molecule has 0 bridgehead atoms. The summed E-state index contributed by atoms with van der Waals surface area (Å²) in [5.41, 5.74) is 0.639. The molecule has 2 aliphatic rings. The van der Waals surface area contributed by atoms with Crippen LogP contribution < -0.4 is 5.32 Å². The first kappa shape index (κ1) is 15.3. The quantitative estimate of drug-likeness (QED) is 0.830. The predicted molar refractivity (Wildman–Crippen MR) is 81.4 cm³/mol. The number of ether oxygens (including phenoxy) is 1. The normalized spacial score (nSPS) is 29.4. The van der Waals surface area contributed by atoms with E-state index in [9.17, 15) is 0 Å². The number of nitrogens with one attached hydrogen (secondary N) is 1. The van der Waals surface area contributed by atoms with E-state index in [0.717, 1.165) is 19.1 Å². The summed E-state index contributed by atoms with van der Waals surface area (Å²) >= 11 is 0. The number of hydrogen-bond donors (Lipinski definition) is 1. The molecule has 1 aliphatic carbocycles. The fourth-order valence-electron chi connectivity index (χ4n) is 3.40. The molecular weight excluding hydrogens is 234 g/mol. The first-order valence-corrected chi connectivity index (χ1v) is 8.29. The third-order valence-corrected chi connectivity index (χ3v) is 5.45. The minimum Gasteiger partial charge on any atom is -0.375 e. The van der Waals surface area contributed by atoms with Crippen LogP contribution in [0.25, 0.3) is 0 Å². The standard InChI is InChI=1S/C17H33NO/c1-14(16(2,3)4)13-18-15-8-11-19-17(12-15)9-6-5-7-10-17/h14-15,18H,5-13H2,1-4H3. The van der Waals surface area contributed by atoms with Crippen LogP contribution in [-0.4, -0.2) is 24.8 Å². The van der Waals surface area contributed by atoms with Crippen LogP contribution in [0.1, 0.15) is 72.6 Å². The highest BCUT2D eigenvalue weighted by Gasteiger charge is 2.38. The van der Waals surface area contributed by atoms with Gasteiger partial charge in [-0.05, 0) is 43.6 Å². The highest BCUT2D eigenvalue weighted by molar-refractivity contribution is 4.92. The van der Waals surface area contributed by atoms with Gasteiger partial charge in [-0.25, -0.2) is 0 Å². The molecule has 0 aromatic heterocycles. The second-order valence-electron chi connectivity index (χ2n) is 7.96. The van der Waals surface area contributed by atoms with Crippen LogP contribution in [0.15, 0.2) is 0 Å². The highest BCUT2D eigenvalue weighted by Crippen LogP contribution is 2.38. The monoisotopic (exact) mass is 267 g/mol.